The van der Waals surface area contributed by atoms with E-state index >= 15 is 0 Å². The number of hydrogen-bond donors (Lipinski definition) is 1. The number of hydrogen-bond acceptors (Lipinski definition) is 3. The maximum Gasteiger partial charge on any atom is 0.407 e. The van der Waals surface area contributed by atoms with Crippen molar-refractivity contribution in [2.45, 2.75) is 12.8 Å². The molecule has 0 spiro atoms. The van der Waals surface area contributed by atoms with Gasteiger partial charge in [-0.25, -0.2) is 4.79 Å². The number of halogens is 1. The summed E-state index contributed by atoms with van der Waals surface area (Å²) in [4.78, 5) is 25.5. The van der Waals surface area contributed by atoms with Crippen LogP contribution < -0.4 is 5.56 Å². The lowest BCUT2D eigenvalue weighted by Crippen LogP contribution is -2.34. The summed E-state index contributed by atoms with van der Waals surface area (Å²) in [5, 5.41) is 9.68. The molecule has 1 fully saturated rings. The molecule has 0 bridgehead atoms. The van der Waals surface area contributed by atoms with Crippen LogP contribution in [0.3, 0.4) is 0 Å². The van der Waals surface area contributed by atoms with Gasteiger partial charge >= 0.3 is 6.09 Å². The lowest BCUT2D eigenvalue weighted by molar-refractivity contribution is 0.142. The number of rotatable bonds is 1. The Morgan fingerprint density at radius 2 is 2.09 bits per heavy atom. The summed E-state index contributed by atoms with van der Waals surface area (Å²) >= 11 is 5.08. The Morgan fingerprint density at radius 1 is 1.41 bits per heavy atom. The second-order valence-corrected chi connectivity index (χ2v) is 7.29. The van der Waals surface area contributed by atoms with E-state index in [9.17, 15) is 9.59 Å². The monoisotopic (exact) mass is 382 g/mol. The Kier molecular flexibility index (Phi) is 4.10. The van der Waals surface area contributed by atoms with Crippen LogP contribution in [0.2, 0.25) is 0 Å². The zero-order valence-electron chi connectivity index (χ0n) is 12.0. The van der Waals surface area contributed by atoms with Crippen molar-refractivity contribution in [3.05, 3.63) is 37.5 Å². The number of nitrogens with zero attached hydrogens (tertiary/aromatic N) is 2. The molecule has 2 aromatic rings. The first-order chi connectivity index (χ1) is 10.5. The van der Waals surface area contributed by atoms with E-state index in [0.29, 0.717) is 13.1 Å². The van der Waals surface area contributed by atoms with Crippen molar-refractivity contribution in [3.8, 4) is 0 Å². The molecule has 0 saturated carbocycles. The summed E-state index contributed by atoms with van der Waals surface area (Å²) in [7, 11) is 1.74. The van der Waals surface area contributed by atoms with Crippen LogP contribution in [0.15, 0.2) is 27.1 Å². The van der Waals surface area contributed by atoms with Gasteiger partial charge in [-0.2, -0.15) is 0 Å². The third-order valence-electron chi connectivity index (χ3n) is 3.85. The molecule has 2 aromatic heterocycles. The smallest absolute Gasteiger partial charge is 0.407 e. The Balaban J connectivity index is 1.91. The fourth-order valence-electron chi connectivity index (χ4n) is 2.63. The molecule has 0 aliphatic carbocycles. The van der Waals surface area contributed by atoms with E-state index in [-0.39, 0.29) is 5.56 Å². The highest BCUT2D eigenvalue weighted by Gasteiger charge is 2.18. The van der Waals surface area contributed by atoms with Gasteiger partial charge in [-0.05, 0) is 40.9 Å². The fraction of sp³-hybridized carbons (Fsp3) is 0.333. The van der Waals surface area contributed by atoms with Crippen LogP contribution in [0.5, 0.6) is 0 Å². The number of piperidine rings is 1. The highest BCUT2D eigenvalue weighted by Crippen LogP contribution is 2.32. The standard InChI is InChI=1S/C15H15BrN2O3S/c1-17-8-12(16)13-11(14(17)19)7-10(22-13)6-9-2-4-18(5-3-9)15(20)21/h6-8H,2-5H2,1H3,(H,20,21). The number of aromatic nitrogens is 1. The van der Waals surface area contributed by atoms with Gasteiger partial charge in [0.2, 0.25) is 0 Å². The van der Waals surface area contributed by atoms with E-state index in [2.05, 4.69) is 22.0 Å². The minimum atomic E-state index is -0.853. The molecule has 1 N–H and O–H groups in total. The molecule has 1 aliphatic heterocycles. The van der Waals surface area contributed by atoms with Crippen molar-refractivity contribution >= 4 is 49.5 Å². The SMILES string of the molecule is Cn1cc(Br)c2sc(C=C3CCN(C(=O)O)CC3)cc2c1=O. The Morgan fingerprint density at radius 3 is 2.73 bits per heavy atom. The van der Waals surface area contributed by atoms with Crippen molar-refractivity contribution in [3.63, 3.8) is 0 Å². The number of likely N-dealkylation sites (tertiary alicyclic amines) is 1. The number of amides is 1. The normalized spacial score (nSPS) is 15.4. The van der Waals surface area contributed by atoms with Crippen LogP contribution >= 0.6 is 27.3 Å². The number of pyridine rings is 1. The van der Waals surface area contributed by atoms with Gasteiger partial charge < -0.3 is 14.6 Å². The van der Waals surface area contributed by atoms with Gasteiger partial charge in [-0.3, -0.25) is 4.79 Å². The molecule has 116 valence electrons. The predicted octanol–water partition coefficient (Wildman–Crippen LogP) is 3.52. The second-order valence-electron chi connectivity index (χ2n) is 5.36. The third-order valence-corrected chi connectivity index (χ3v) is 5.83. The molecule has 7 heteroatoms. The summed E-state index contributed by atoms with van der Waals surface area (Å²) < 4.78 is 3.44. The number of carboxylic acid groups (broad SMARTS) is 1. The first-order valence-electron chi connectivity index (χ1n) is 6.91. The van der Waals surface area contributed by atoms with Gasteiger partial charge in [0.1, 0.15) is 0 Å². The van der Waals surface area contributed by atoms with E-state index in [1.807, 2.05) is 6.07 Å². The molecule has 0 radical (unpaired) electrons. The quantitative estimate of drug-likeness (QED) is 0.820. The number of thiophene rings is 1. The zero-order chi connectivity index (χ0) is 15.9. The molecule has 3 heterocycles. The highest BCUT2D eigenvalue weighted by atomic mass is 79.9. The van der Waals surface area contributed by atoms with Crippen LogP contribution in [0.4, 0.5) is 4.79 Å². The minimum absolute atomic E-state index is 0.000188. The average Bonchev–Trinajstić information content (AvgIpc) is 2.90. The largest absolute Gasteiger partial charge is 0.465 e. The summed E-state index contributed by atoms with van der Waals surface area (Å²) in [6.07, 6.45) is 4.52. The molecule has 1 saturated heterocycles. The van der Waals surface area contributed by atoms with Crippen LogP contribution in [-0.2, 0) is 7.05 Å². The van der Waals surface area contributed by atoms with Gasteiger partial charge in [-0.1, -0.05) is 5.57 Å². The van der Waals surface area contributed by atoms with Gasteiger partial charge in [0, 0.05) is 31.2 Å². The summed E-state index contributed by atoms with van der Waals surface area (Å²) in [6, 6.07) is 1.92. The van der Waals surface area contributed by atoms with Crippen molar-refractivity contribution in [1.29, 1.82) is 0 Å². The fourth-order valence-corrected chi connectivity index (χ4v) is 4.43. The van der Waals surface area contributed by atoms with E-state index in [0.717, 1.165) is 32.3 Å². The topological polar surface area (TPSA) is 62.5 Å². The minimum Gasteiger partial charge on any atom is -0.465 e. The highest BCUT2D eigenvalue weighted by molar-refractivity contribution is 9.10. The van der Waals surface area contributed by atoms with Crippen molar-refractivity contribution in [1.82, 2.24) is 9.47 Å². The molecule has 1 aliphatic rings. The van der Waals surface area contributed by atoms with Crippen molar-refractivity contribution in [2.75, 3.05) is 13.1 Å². The first-order valence-corrected chi connectivity index (χ1v) is 8.52. The van der Waals surface area contributed by atoms with Crippen LogP contribution in [-0.4, -0.2) is 33.8 Å². The van der Waals surface area contributed by atoms with Crippen LogP contribution in [0.1, 0.15) is 17.7 Å². The van der Waals surface area contributed by atoms with E-state index < -0.39 is 6.09 Å². The summed E-state index contributed by atoms with van der Waals surface area (Å²) in [5.41, 5.74) is 1.23. The van der Waals surface area contributed by atoms with E-state index in [1.54, 1.807) is 29.1 Å². The zero-order valence-corrected chi connectivity index (χ0v) is 14.4. The molecule has 5 nitrogen and oxygen atoms in total. The van der Waals surface area contributed by atoms with Crippen LogP contribution in [0.25, 0.3) is 16.2 Å². The number of aryl methyl sites for hydroxylation is 1. The molecule has 0 unspecified atom stereocenters. The molecule has 3 rings (SSSR count). The molecule has 22 heavy (non-hydrogen) atoms. The van der Waals surface area contributed by atoms with Gasteiger partial charge in [-0.15, -0.1) is 11.3 Å². The lowest BCUT2D eigenvalue weighted by atomic mass is 10.0. The Bertz CT molecular complexity index is 827. The maximum absolute atomic E-state index is 12.2. The Labute approximate surface area is 139 Å². The number of carbonyl (C=O) groups is 1. The molecule has 1 amide bonds. The molecular formula is C15H15BrN2O3S. The average molecular weight is 383 g/mol. The molecule has 0 atom stereocenters. The summed E-state index contributed by atoms with van der Waals surface area (Å²) in [5.74, 6) is 0. The van der Waals surface area contributed by atoms with Gasteiger partial charge in [0.15, 0.2) is 0 Å². The van der Waals surface area contributed by atoms with Gasteiger partial charge in [0.05, 0.1) is 14.6 Å². The van der Waals surface area contributed by atoms with E-state index in [1.165, 1.54) is 10.5 Å². The Hall–Kier alpha value is -1.60. The van der Waals surface area contributed by atoms with E-state index in [4.69, 9.17) is 5.11 Å². The third kappa shape index (κ3) is 2.83. The van der Waals surface area contributed by atoms with Crippen molar-refractivity contribution in [2.24, 2.45) is 7.05 Å². The second kappa shape index (κ2) is 5.89. The van der Waals surface area contributed by atoms with Crippen LogP contribution in [0, 0.1) is 0 Å². The number of fused-ring (bicyclic) bond motifs is 1. The predicted molar refractivity (Wildman–Crippen MR) is 91.6 cm³/mol. The first kappa shape index (κ1) is 15.3. The van der Waals surface area contributed by atoms with Gasteiger partial charge in [0.25, 0.3) is 5.56 Å². The lowest BCUT2D eigenvalue weighted by Gasteiger charge is -2.25. The molecular weight excluding hydrogens is 368 g/mol. The summed E-state index contributed by atoms with van der Waals surface area (Å²) in [6.45, 7) is 1.08. The molecule has 0 aromatic carbocycles. The maximum atomic E-state index is 12.2. The van der Waals surface area contributed by atoms with Crippen molar-refractivity contribution < 1.29 is 9.90 Å².